The van der Waals surface area contributed by atoms with E-state index in [4.69, 9.17) is 10.5 Å². The lowest BCUT2D eigenvalue weighted by Gasteiger charge is -2.23. The molecule has 0 aliphatic carbocycles. The third-order valence-corrected chi connectivity index (χ3v) is 5.07. The number of hydrogen-bond donors (Lipinski definition) is 4. The highest BCUT2D eigenvalue weighted by molar-refractivity contribution is 7.14. The summed E-state index contributed by atoms with van der Waals surface area (Å²) >= 11 is 1.09. The van der Waals surface area contributed by atoms with Crippen LogP contribution in [0.1, 0.15) is 23.2 Å². The molecular weight excluding hydrogens is 338 g/mol. The summed E-state index contributed by atoms with van der Waals surface area (Å²) < 4.78 is 5.55. The van der Waals surface area contributed by atoms with Crippen LogP contribution in [0.15, 0.2) is 11.4 Å². The van der Waals surface area contributed by atoms with Gasteiger partial charge in [-0.25, -0.2) is 4.79 Å². The molecular formula is C14H15N3O6S. The number of anilines is 1. The number of thiophene rings is 1. The van der Waals surface area contributed by atoms with E-state index < -0.39 is 47.9 Å². The normalized spacial score (nSPS) is 27.7. The first-order chi connectivity index (χ1) is 11.4. The van der Waals surface area contributed by atoms with E-state index in [0.29, 0.717) is 12.8 Å². The van der Waals surface area contributed by atoms with Crippen molar-refractivity contribution in [3.63, 3.8) is 0 Å². The Kier molecular flexibility index (Phi) is 4.24. The minimum Gasteiger partial charge on any atom is -0.481 e. The lowest BCUT2D eigenvalue weighted by molar-refractivity contribution is -0.147. The lowest BCUT2D eigenvalue weighted by atomic mass is 9.79. The zero-order valence-corrected chi connectivity index (χ0v) is 13.2. The zero-order chi connectivity index (χ0) is 17.4. The third kappa shape index (κ3) is 2.85. The quantitative estimate of drug-likeness (QED) is 0.615. The number of nitrogens with two attached hydrogens (primary N) is 1. The van der Waals surface area contributed by atoms with Gasteiger partial charge in [0.2, 0.25) is 5.91 Å². The number of amides is 4. The molecule has 2 aliphatic heterocycles. The molecule has 9 nitrogen and oxygen atoms in total. The molecule has 10 heteroatoms. The predicted molar refractivity (Wildman–Crippen MR) is 82.5 cm³/mol. The number of ether oxygens (including phenoxy) is 1. The smallest absolute Gasteiger partial charge is 0.319 e. The van der Waals surface area contributed by atoms with Crippen molar-refractivity contribution in [2.24, 2.45) is 17.6 Å². The van der Waals surface area contributed by atoms with E-state index in [1.807, 2.05) is 5.32 Å². The standard InChI is InChI=1S/C14H15N3O6S/c15-14(22)17-10(18)5-3-4-24-12(5)16-11(19)8-6-1-2-7(23-6)9(8)13(20)21/h3-4,6-9H,1-2H2,(H,16,19)(H,20,21)(H3,15,17,18,22)/t6-,7+,8-,9+/m1/s1. The first kappa shape index (κ1) is 16.4. The summed E-state index contributed by atoms with van der Waals surface area (Å²) in [5, 5.41) is 15.6. The van der Waals surface area contributed by atoms with Gasteiger partial charge in [-0.2, -0.15) is 0 Å². The van der Waals surface area contributed by atoms with Crippen molar-refractivity contribution in [1.29, 1.82) is 0 Å². The first-order valence-electron chi connectivity index (χ1n) is 7.26. The topological polar surface area (TPSA) is 148 Å². The van der Waals surface area contributed by atoms with E-state index in [2.05, 4.69) is 5.32 Å². The van der Waals surface area contributed by atoms with Crippen molar-refractivity contribution in [2.45, 2.75) is 25.0 Å². The highest BCUT2D eigenvalue weighted by Gasteiger charge is 2.55. The van der Waals surface area contributed by atoms with E-state index in [0.717, 1.165) is 11.3 Å². The van der Waals surface area contributed by atoms with Gasteiger partial charge in [-0.3, -0.25) is 19.7 Å². The van der Waals surface area contributed by atoms with Crippen LogP contribution < -0.4 is 16.4 Å². The number of nitrogens with one attached hydrogen (secondary N) is 2. The van der Waals surface area contributed by atoms with Crippen LogP contribution in [0.25, 0.3) is 0 Å². The van der Waals surface area contributed by atoms with Gasteiger partial charge in [0.1, 0.15) is 5.00 Å². The number of carbonyl (C=O) groups is 4. The Balaban J connectivity index is 1.76. The second kappa shape index (κ2) is 6.21. The average Bonchev–Trinajstić information content (AvgIpc) is 3.20. The molecule has 2 saturated heterocycles. The highest BCUT2D eigenvalue weighted by atomic mass is 32.1. The van der Waals surface area contributed by atoms with Crippen LogP contribution in [0.4, 0.5) is 9.80 Å². The molecule has 4 atom stereocenters. The molecule has 0 spiro atoms. The summed E-state index contributed by atoms with van der Waals surface area (Å²) in [4.78, 5) is 46.6. The lowest BCUT2D eigenvalue weighted by Crippen LogP contribution is -2.41. The van der Waals surface area contributed by atoms with Crippen LogP contribution in [-0.4, -0.2) is 41.1 Å². The average molecular weight is 353 g/mol. The summed E-state index contributed by atoms with van der Waals surface area (Å²) in [6.07, 6.45) is 0.367. The molecule has 1 aromatic heterocycles. The molecule has 2 aliphatic rings. The fraction of sp³-hybridized carbons (Fsp3) is 0.429. The van der Waals surface area contributed by atoms with Gasteiger partial charge >= 0.3 is 12.0 Å². The Morgan fingerprint density at radius 1 is 1.21 bits per heavy atom. The number of carboxylic acids is 1. The van der Waals surface area contributed by atoms with E-state index in [1.54, 1.807) is 5.38 Å². The monoisotopic (exact) mass is 353 g/mol. The van der Waals surface area contributed by atoms with Gasteiger partial charge in [-0.05, 0) is 24.3 Å². The Morgan fingerprint density at radius 3 is 2.50 bits per heavy atom. The maximum absolute atomic E-state index is 12.5. The Labute approximate surface area is 140 Å². The molecule has 4 amide bonds. The number of urea groups is 1. The minimum atomic E-state index is -1.07. The second-order valence-corrected chi connectivity index (χ2v) is 6.57. The number of rotatable bonds is 4. The van der Waals surface area contributed by atoms with Crippen molar-refractivity contribution in [3.8, 4) is 0 Å². The van der Waals surface area contributed by atoms with Crippen LogP contribution in [0.5, 0.6) is 0 Å². The Morgan fingerprint density at radius 2 is 1.88 bits per heavy atom. The maximum atomic E-state index is 12.5. The SMILES string of the molecule is NC(=O)NC(=O)c1ccsc1NC(=O)[C@H]1[C@@H](C(=O)O)[C@@H]2CC[C@H]1O2. The molecule has 3 rings (SSSR count). The molecule has 0 unspecified atom stereocenters. The van der Waals surface area contributed by atoms with Crippen molar-refractivity contribution >= 4 is 40.2 Å². The first-order valence-corrected chi connectivity index (χ1v) is 8.14. The van der Waals surface area contributed by atoms with Crippen molar-refractivity contribution in [3.05, 3.63) is 17.0 Å². The van der Waals surface area contributed by atoms with E-state index >= 15 is 0 Å². The van der Waals surface area contributed by atoms with Crippen LogP contribution in [0.3, 0.4) is 0 Å². The number of carbonyl (C=O) groups excluding carboxylic acids is 3. The zero-order valence-electron chi connectivity index (χ0n) is 12.4. The van der Waals surface area contributed by atoms with E-state index in [1.165, 1.54) is 6.07 Å². The number of imide groups is 1. The van der Waals surface area contributed by atoms with Crippen LogP contribution >= 0.6 is 11.3 Å². The molecule has 128 valence electrons. The van der Waals surface area contributed by atoms with Gasteiger partial charge in [0.15, 0.2) is 0 Å². The third-order valence-electron chi connectivity index (χ3n) is 4.24. The Hall–Kier alpha value is -2.46. The van der Waals surface area contributed by atoms with Gasteiger partial charge in [-0.1, -0.05) is 0 Å². The summed E-state index contributed by atoms with van der Waals surface area (Å²) in [7, 11) is 0. The highest BCUT2D eigenvalue weighted by Crippen LogP contribution is 2.44. The molecule has 0 saturated carbocycles. The van der Waals surface area contributed by atoms with Gasteiger partial charge < -0.3 is 20.9 Å². The van der Waals surface area contributed by atoms with Gasteiger partial charge in [0, 0.05) is 0 Å². The van der Waals surface area contributed by atoms with Crippen molar-refractivity contribution in [1.82, 2.24) is 5.32 Å². The predicted octanol–water partition coefficient (Wildman–Crippen LogP) is 0.373. The number of carboxylic acid groups (broad SMARTS) is 1. The summed E-state index contributed by atoms with van der Waals surface area (Å²) in [6, 6.07) is 0.431. The minimum absolute atomic E-state index is 0.0862. The molecule has 3 heterocycles. The van der Waals surface area contributed by atoms with Crippen LogP contribution in [-0.2, 0) is 14.3 Å². The van der Waals surface area contributed by atoms with E-state index in [-0.39, 0.29) is 10.6 Å². The fourth-order valence-corrected chi connectivity index (χ4v) is 4.07. The fourth-order valence-electron chi connectivity index (χ4n) is 3.28. The number of fused-ring (bicyclic) bond motifs is 2. The van der Waals surface area contributed by atoms with Crippen LogP contribution in [0, 0.1) is 11.8 Å². The summed E-state index contributed by atoms with van der Waals surface area (Å²) in [6.45, 7) is 0. The van der Waals surface area contributed by atoms with Gasteiger partial charge in [0.05, 0.1) is 29.6 Å². The summed E-state index contributed by atoms with van der Waals surface area (Å²) in [5.41, 5.74) is 4.99. The molecule has 5 N–H and O–H groups in total. The maximum Gasteiger partial charge on any atom is 0.319 e. The molecule has 24 heavy (non-hydrogen) atoms. The molecule has 2 bridgehead atoms. The molecule has 0 aromatic carbocycles. The summed E-state index contributed by atoms with van der Waals surface area (Å²) in [5.74, 6) is -4.02. The number of aliphatic carboxylic acids is 1. The second-order valence-electron chi connectivity index (χ2n) is 5.65. The number of primary amides is 1. The van der Waals surface area contributed by atoms with Crippen molar-refractivity contribution in [2.75, 3.05) is 5.32 Å². The number of hydrogen-bond acceptors (Lipinski definition) is 6. The van der Waals surface area contributed by atoms with Crippen molar-refractivity contribution < 1.29 is 29.0 Å². The van der Waals surface area contributed by atoms with Crippen LogP contribution in [0.2, 0.25) is 0 Å². The van der Waals surface area contributed by atoms with E-state index in [9.17, 15) is 24.3 Å². The Bertz CT molecular complexity index is 717. The largest absolute Gasteiger partial charge is 0.481 e. The molecule has 2 fully saturated rings. The molecule has 1 aromatic rings. The van der Waals surface area contributed by atoms with Gasteiger partial charge in [0.25, 0.3) is 5.91 Å². The molecule has 0 radical (unpaired) electrons. The van der Waals surface area contributed by atoms with Gasteiger partial charge in [-0.15, -0.1) is 11.3 Å².